The Kier molecular flexibility index (Phi) is 4.03. The van der Waals surface area contributed by atoms with Crippen molar-refractivity contribution in [2.75, 3.05) is 11.9 Å². The summed E-state index contributed by atoms with van der Waals surface area (Å²) in [6, 6.07) is 7.05. The van der Waals surface area contributed by atoms with E-state index in [2.05, 4.69) is 22.3 Å². The number of nitrogens with zero attached hydrogens (tertiary/aromatic N) is 1. The van der Waals surface area contributed by atoms with Crippen molar-refractivity contribution >= 4 is 11.6 Å². The number of hydrogen-bond acceptors (Lipinski definition) is 3. The standard InChI is InChI=1S/C16H23N3O/c17-8-7-16(20)18-14-6-5-12-10-19(11-13(12)9-14)15-3-1-2-4-15/h5-6,9,15H,1-4,7-8,10-11,17H2,(H,18,20). The van der Waals surface area contributed by atoms with Gasteiger partial charge >= 0.3 is 0 Å². The molecule has 108 valence electrons. The van der Waals surface area contributed by atoms with Crippen LogP contribution in [0.3, 0.4) is 0 Å². The number of nitrogens with one attached hydrogen (secondary N) is 1. The van der Waals surface area contributed by atoms with E-state index >= 15 is 0 Å². The molecule has 0 bridgehead atoms. The highest BCUT2D eigenvalue weighted by atomic mass is 16.1. The van der Waals surface area contributed by atoms with E-state index in [1.54, 1.807) is 0 Å². The molecule has 1 aromatic carbocycles. The maximum Gasteiger partial charge on any atom is 0.225 e. The molecule has 1 heterocycles. The fourth-order valence-corrected chi connectivity index (χ4v) is 3.38. The zero-order valence-corrected chi connectivity index (χ0v) is 11.9. The third-order valence-corrected chi connectivity index (χ3v) is 4.45. The second kappa shape index (κ2) is 5.94. The summed E-state index contributed by atoms with van der Waals surface area (Å²) >= 11 is 0. The Balaban J connectivity index is 1.66. The molecule has 1 amide bonds. The zero-order valence-electron chi connectivity index (χ0n) is 11.9. The predicted octanol–water partition coefficient (Wildman–Crippen LogP) is 2.23. The maximum atomic E-state index is 11.6. The first-order chi connectivity index (χ1) is 9.76. The van der Waals surface area contributed by atoms with E-state index in [9.17, 15) is 4.79 Å². The average molecular weight is 273 g/mol. The van der Waals surface area contributed by atoms with Gasteiger partial charge in [0, 0.05) is 37.8 Å². The zero-order chi connectivity index (χ0) is 13.9. The minimum atomic E-state index is -0.00176. The number of nitrogens with two attached hydrogens (primary N) is 1. The Hall–Kier alpha value is -1.39. The van der Waals surface area contributed by atoms with Crippen LogP contribution in [0.2, 0.25) is 0 Å². The van der Waals surface area contributed by atoms with E-state index in [1.165, 1.54) is 36.8 Å². The van der Waals surface area contributed by atoms with Crippen LogP contribution in [0.1, 0.15) is 43.2 Å². The van der Waals surface area contributed by atoms with E-state index in [1.807, 2.05) is 6.07 Å². The molecule has 20 heavy (non-hydrogen) atoms. The van der Waals surface area contributed by atoms with Crippen LogP contribution in [0.4, 0.5) is 5.69 Å². The minimum Gasteiger partial charge on any atom is -0.330 e. The summed E-state index contributed by atoms with van der Waals surface area (Å²) in [4.78, 5) is 14.2. The lowest BCUT2D eigenvalue weighted by Crippen LogP contribution is -2.27. The lowest BCUT2D eigenvalue weighted by molar-refractivity contribution is -0.116. The van der Waals surface area contributed by atoms with Gasteiger partial charge in [-0.1, -0.05) is 18.9 Å². The van der Waals surface area contributed by atoms with Crippen molar-refractivity contribution in [3.05, 3.63) is 29.3 Å². The fraction of sp³-hybridized carbons (Fsp3) is 0.562. The number of anilines is 1. The normalized spacial score (nSPS) is 19.2. The van der Waals surface area contributed by atoms with E-state index < -0.39 is 0 Å². The lowest BCUT2D eigenvalue weighted by Gasteiger charge is -2.22. The number of amides is 1. The van der Waals surface area contributed by atoms with Crippen molar-refractivity contribution in [1.29, 1.82) is 0 Å². The Bertz CT molecular complexity index is 494. The Labute approximate surface area is 120 Å². The monoisotopic (exact) mass is 273 g/mol. The number of carbonyl (C=O) groups excluding carboxylic acids is 1. The summed E-state index contributed by atoms with van der Waals surface area (Å²) in [5.41, 5.74) is 9.07. The molecule has 0 aromatic heterocycles. The molecule has 0 saturated heterocycles. The molecule has 0 unspecified atom stereocenters. The van der Waals surface area contributed by atoms with Crippen LogP contribution in [0.5, 0.6) is 0 Å². The first-order valence-electron chi connectivity index (χ1n) is 7.62. The number of hydrogen-bond donors (Lipinski definition) is 2. The molecular formula is C16H23N3O. The average Bonchev–Trinajstić information content (AvgIpc) is 3.07. The number of rotatable bonds is 4. The molecule has 4 nitrogen and oxygen atoms in total. The highest BCUT2D eigenvalue weighted by Crippen LogP contribution is 2.32. The van der Waals surface area contributed by atoms with E-state index in [0.717, 1.165) is 24.8 Å². The molecule has 0 atom stereocenters. The van der Waals surface area contributed by atoms with Crippen LogP contribution in [0.15, 0.2) is 18.2 Å². The van der Waals surface area contributed by atoms with Crippen molar-refractivity contribution in [3.63, 3.8) is 0 Å². The summed E-state index contributed by atoms with van der Waals surface area (Å²) in [5, 5.41) is 2.92. The first kappa shape index (κ1) is 13.6. The lowest BCUT2D eigenvalue weighted by atomic mass is 10.1. The van der Waals surface area contributed by atoms with Crippen LogP contribution in [-0.2, 0) is 17.9 Å². The SMILES string of the molecule is NCCC(=O)Nc1ccc2c(c1)CN(C1CCCC1)C2. The van der Waals surface area contributed by atoms with E-state index in [0.29, 0.717) is 13.0 Å². The largest absolute Gasteiger partial charge is 0.330 e. The first-order valence-corrected chi connectivity index (χ1v) is 7.62. The summed E-state index contributed by atoms with van der Waals surface area (Å²) in [6.07, 6.45) is 5.81. The van der Waals surface area contributed by atoms with Crippen molar-refractivity contribution in [2.24, 2.45) is 5.73 Å². The molecule has 1 saturated carbocycles. The number of carbonyl (C=O) groups is 1. The van der Waals surface area contributed by atoms with Crippen molar-refractivity contribution < 1.29 is 4.79 Å². The van der Waals surface area contributed by atoms with Gasteiger partial charge in [-0.15, -0.1) is 0 Å². The maximum absolute atomic E-state index is 11.6. The van der Waals surface area contributed by atoms with Crippen molar-refractivity contribution in [1.82, 2.24) is 4.90 Å². The van der Waals surface area contributed by atoms with Gasteiger partial charge in [0.05, 0.1) is 0 Å². The molecule has 1 aromatic rings. The quantitative estimate of drug-likeness (QED) is 0.884. The predicted molar refractivity (Wildman–Crippen MR) is 80.2 cm³/mol. The van der Waals surface area contributed by atoms with Gasteiger partial charge in [0.15, 0.2) is 0 Å². The van der Waals surface area contributed by atoms with Crippen molar-refractivity contribution in [3.8, 4) is 0 Å². The molecule has 1 aliphatic heterocycles. The Morgan fingerprint density at radius 2 is 2.00 bits per heavy atom. The van der Waals surface area contributed by atoms with Crippen LogP contribution < -0.4 is 11.1 Å². The van der Waals surface area contributed by atoms with Gasteiger partial charge in [-0.05, 0) is 36.1 Å². The van der Waals surface area contributed by atoms with Crippen LogP contribution in [-0.4, -0.2) is 23.4 Å². The van der Waals surface area contributed by atoms with Crippen LogP contribution in [0.25, 0.3) is 0 Å². The molecule has 1 aliphatic carbocycles. The summed E-state index contributed by atoms with van der Waals surface area (Å²) < 4.78 is 0. The van der Waals surface area contributed by atoms with E-state index in [-0.39, 0.29) is 5.91 Å². The molecule has 0 spiro atoms. The van der Waals surface area contributed by atoms with E-state index in [4.69, 9.17) is 5.73 Å². The van der Waals surface area contributed by atoms with Crippen LogP contribution in [0, 0.1) is 0 Å². The third kappa shape index (κ3) is 2.86. The second-order valence-electron chi connectivity index (χ2n) is 5.91. The molecule has 3 N–H and O–H groups in total. The number of fused-ring (bicyclic) bond motifs is 1. The smallest absolute Gasteiger partial charge is 0.225 e. The highest BCUT2D eigenvalue weighted by molar-refractivity contribution is 5.90. The van der Waals surface area contributed by atoms with Gasteiger partial charge < -0.3 is 11.1 Å². The van der Waals surface area contributed by atoms with Gasteiger partial charge in [-0.25, -0.2) is 0 Å². The topological polar surface area (TPSA) is 58.4 Å². The van der Waals surface area contributed by atoms with Gasteiger partial charge in [0.25, 0.3) is 0 Å². The molecule has 4 heteroatoms. The molecule has 0 radical (unpaired) electrons. The van der Waals surface area contributed by atoms with Crippen molar-refractivity contribution in [2.45, 2.75) is 51.2 Å². The second-order valence-corrected chi connectivity index (χ2v) is 5.91. The van der Waals surface area contributed by atoms with Gasteiger partial charge in [0.2, 0.25) is 5.91 Å². The molecule has 3 rings (SSSR count). The van der Waals surface area contributed by atoms with Gasteiger partial charge in [-0.3, -0.25) is 9.69 Å². The molecular weight excluding hydrogens is 250 g/mol. The molecule has 2 aliphatic rings. The summed E-state index contributed by atoms with van der Waals surface area (Å²) in [5.74, 6) is -0.00176. The summed E-state index contributed by atoms with van der Waals surface area (Å²) in [6.45, 7) is 2.49. The van der Waals surface area contributed by atoms with Crippen LogP contribution >= 0.6 is 0 Å². The Morgan fingerprint density at radius 3 is 2.75 bits per heavy atom. The molecule has 1 fully saturated rings. The number of benzene rings is 1. The fourth-order valence-electron chi connectivity index (χ4n) is 3.38. The highest BCUT2D eigenvalue weighted by Gasteiger charge is 2.27. The van der Waals surface area contributed by atoms with Gasteiger partial charge in [-0.2, -0.15) is 0 Å². The minimum absolute atomic E-state index is 0.00176. The third-order valence-electron chi connectivity index (χ3n) is 4.45. The summed E-state index contributed by atoms with van der Waals surface area (Å²) in [7, 11) is 0. The Morgan fingerprint density at radius 1 is 1.25 bits per heavy atom. The van der Waals surface area contributed by atoms with Gasteiger partial charge in [0.1, 0.15) is 0 Å².